The molecule has 9 nitrogen and oxygen atoms in total. The first-order valence-corrected chi connectivity index (χ1v) is 13.7. The summed E-state index contributed by atoms with van der Waals surface area (Å²) in [5.74, 6) is -0.926. The molecule has 2 amide bonds. The van der Waals surface area contributed by atoms with Crippen LogP contribution < -0.4 is 15.4 Å². The lowest BCUT2D eigenvalue weighted by atomic mass is 9.94. The Morgan fingerprint density at radius 2 is 1.73 bits per heavy atom. The standard InChI is InChI=1S/C23H18Cl2F5N5O4S/c1-39-13-4-2-12(3-5-13)11-34(22(37)38)20-18(23(6-7-23)21(32)36)17(10-31)33-35(20)19-15(24)8-14(9-16(19)25)40(26,27,28,29)30/h2-5,8-9H,6-7,11H2,1H3,(H2,32,36)(H,37,38). The van der Waals surface area contributed by atoms with Crippen molar-refractivity contribution >= 4 is 51.2 Å². The molecule has 17 heteroatoms. The van der Waals surface area contributed by atoms with Gasteiger partial charge in [0.15, 0.2) is 5.69 Å². The molecule has 1 aromatic heterocycles. The van der Waals surface area contributed by atoms with E-state index in [4.69, 9.17) is 33.7 Å². The Morgan fingerprint density at radius 1 is 1.18 bits per heavy atom. The molecule has 0 atom stereocenters. The number of ether oxygens (including phenoxy) is 1. The molecule has 0 radical (unpaired) electrons. The van der Waals surface area contributed by atoms with E-state index in [0.717, 1.165) is 0 Å². The number of rotatable bonds is 8. The van der Waals surface area contributed by atoms with Gasteiger partial charge in [-0.05, 0) is 42.7 Å². The van der Waals surface area contributed by atoms with Gasteiger partial charge in [-0.1, -0.05) is 54.8 Å². The van der Waals surface area contributed by atoms with Crippen LogP contribution in [0.5, 0.6) is 5.75 Å². The summed E-state index contributed by atoms with van der Waals surface area (Å²) in [4.78, 5) is 23.3. The van der Waals surface area contributed by atoms with Crippen LogP contribution in [0.2, 0.25) is 10.0 Å². The maximum Gasteiger partial charge on any atom is 0.413 e. The van der Waals surface area contributed by atoms with Crippen LogP contribution in [0.15, 0.2) is 41.3 Å². The number of benzene rings is 2. The number of hydrogen-bond acceptors (Lipinski definition) is 5. The highest BCUT2D eigenvalue weighted by atomic mass is 35.5. The lowest BCUT2D eigenvalue weighted by Crippen LogP contribution is -2.35. The number of methoxy groups -OCH3 is 1. The van der Waals surface area contributed by atoms with Crippen molar-refractivity contribution in [3.8, 4) is 17.5 Å². The number of primary amides is 1. The Bertz CT molecular complexity index is 1580. The van der Waals surface area contributed by atoms with Crippen molar-refractivity contribution in [3.05, 3.63) is 63.3 Å². The highest BCUT2D eigenvalue weighted by molar-refractivity contribution is 8.45. The Labute approximate surface area is 233 Å². The highest BCUT2D eigenvalue weighted by Gasteiger charge is 2.66. The van der Waals surface area contributed by atoms with E-state index in [1.54, 1.807) is 6.07 Å². The minimum Gasteiger partial charge on any atom is -0.497 e. The SMILES string of the molecule is COc1ccc(CN(C(=O)O)c2c(C3(C(N)=O)CC3)c(C#N)nn2-c2c(Cl)cc(S(F)(F)(F)(F)F)cc2Cl)cc1. The molecule has 1 fully saturated rings. The molecule has 1 saturated carbocycles. The van der Waals surface area contributed by atoms with Gasteiger partial charge in [0.2, 0.25) is 5.91 Å². The molecular formula is C23H18Cl2F5N5O4S. The second-order valence-electron chi connectivity index (χ2n) is 8.94. The summed E-state index contributed by atoms with van der Waals surface area (Å²) in [6, 6.07) is 7.69. The first kappa shape index (κ1) is 29.2. The molecule has 4 rings (SSSR count). The topological polar surface area (TPSA) is 134 Å². The first-order chi connectivity index (χ1) is 18.3. The lowest BCUT2D eigenvalue weighted by molar-refractivity contribution is -0.120. The quantitative estimate of drug-likeness (QED) is 0.261. The number of halogens is 7. The molecule has 1 aliphatic rings. The van der Waals surface area contributed by atoms with E-state index in [-0.39, 0.29) is 30.5 Å². The van der Waals surface area contributed by atoms with Crippen LogP contribution in [0, 0.1) is 11.3 Å². The molecule has 0 saturated heterocycles. The molecule has 1 aliphatic carbocycles. The zero-order valence-corrected chi connectivity index (χ0v) is 22.5. The van der Waals surface area contributed by atoms with Gasteiger partial charge in [-0.3, -0.25) is 9.69 Å². The minimum absolute atomic E-state index is 0.0724. The average molecular weight is 626 g/mol. The normalized spacial score (nSPS) is 15.9. The van der Waals surface area contributed by atoms with Gasteiger partial charge < -0.3 is 15.6 Å². The van der Waals surface area contributed by atoms with E-state index in [1.807, 2.05) is 0 Å². The number of hydrogen-bond donors (Lipinski definition) is 2. The van der Waals surface area contributed by atoms with Crippen molar-refractivity contribution in [2.24, 2.45) is 5.73 Å². The Morgan fingerprint density at radius 3 is 2.12 bits per heavy atom. The largest absolute Gasteiger partial charge is 0.497 e. The molecular weight excluding hydrogens is 608 g/mol. The van der Waals surface area contributed by atoms with Crippen LogP contribution in [-0.4, -0.2) is 34.0 Å². The summed E-state index contributed by atoms with van der Waals surface area (Å²) in [5, 5.41) is 22.1. The summed E-state index contributed by atoms with van der Waals surface area (Å²) < 4.78 is 73.2. The van der Waals surface area contributed by atoms with Crippen molar-refractivity contribution < 1.29 is 38.9 Å². The Kier molecular flexibility index (Phi) is 6.49. The van der Waals surface area contributed by atoms with Gasteiger partial charge in [-0.15, -0.1) is 0 Å². The van der Waals surface area contributed by atoms with Gasteiger partial charge >= 0.3 is 16.3 Å². The minimum atomic E-state index is -10.2. The number of nitrogens with zero attached hydrogens (tertiary/aromatic N) is 4. The van der Waals surface area contributed by atoms with Gasteiger partial charge in [0, 0.05) is 5.56 Å². The van der Waals surface area contributed by atoms with E-state index in [2.05, 4.69) is 5.10 Å². The van der Waals surface area contributed by atoms with Gasteiger partial charge in [-0.25, -0.2) is 9.48 Å². The summed E-state index contributed by atoms with van der Waals surface area (Å²) in [5.41, 5.74) is 3.11. The molecule has 3 N–H and O–H groups in total. The predicted octanol–water partition coefficient (Wildman–Crippen LogP) is 6.92. The highest BCUT2D eigenvalue weighted by Crippen LogP contribution is 3.02. The number of anilines is 1. The lowest BCUT2D eigenvalue weighted by Gasteiger charge is -2.40. The van der Waals surface area contributed by atoms with E-state index >= 15 is 0 Å². The summed E-state index contributed by atoms with van der Waals surface area (Å²) in [6.07, 6.45) is -1.41. The Balaban J connectivity index is 2.03. The van der Waals surface area contributed by atoms with Gasteiger partial charge in [0.1, 0.15) is 28.2 Å². The molecule has 0 aliphatic heterocycles. The van der Waals surface area contributed by atoms with Gasteiger partial charge in [-0.2, -0.15) is 10.4 Å². The third kappa shape index (κ3) is 5.21. The van der Waals surface area contributed by atoms with Crippen LogP contribution in [0.25, 0.3) is 5.69 Å². The average Bonchev–Trinajstić information content (AvgIpc) is 3.57. The van der Waals surface area contributed by atoms with Crippen LogP contribution in [0.4, 0.5) is 30.0 Å². The van der Waals surface area contributed by atoms with Crippen molar-refractivity contribution in [3.63, 3.8) is 0 Å². The summed E-state index contributed by atoms with van der Waals surface area (Å²) in [7, 11) is -8.81. The van der Waals surface area contributed by atoms with E-state index < -0.39 is 66.3 Å². The van der Waals surface area contributed by atoms with Crippen LogP contribution in [0.3, 0.4) is 0 Å². The maximum atomic E-state index is 13.5. The van der Waals surface area contributed by atoms with E-state index in [0.29, 0.717) is 20.9 Å². The zero-order chi connectivity index (χ0) is 29.9. The molecule has 2 aromatic carbocycles. The smallest absolute Gasteiger partial charge is 0.413 e. The third-order valence-corrected chi connectivity index (χ3v) is 8.00. The summed E-state index contributed by atoms with van der Waals surface area (Å²) >= 11 is 12.1. The predicted molar refractivity (Wildman–Crippen MR) is 137 cm³/mol. The van der Waals surface area contributed by atoms with E-state index in [1.165, 1.54) is 31.4 Å². The number of nitrogens with two attached hydrogens (primary N) is 1. The third-order valence-electron chi connectivity index (χ3n) is 6.30. The fraction of sp³-hybridized carbons (Fsp3) is 0.217. The first-order valence-electron chi connectivity index (χ1n) is 11.0. The molecule has 0 spiro atoms. The molecule has 0 bridgehead atoms. The number of nitriles is 1. The number of carboxylic acid groups (broad SMARTS) is 1. The Hall–Kier alpha value is -3.74. The zero-order valence-electron chi connectivity index (χ0n) is 20.2. The number of aromatic nitrogens is 2. The number of amides is 2. The van der Waals surface area contributed by atoms with Crippen molar-refractivity contribution in [1.29, 1.82) is 5.26 Å². The number of carbonyl (C=O) groups excluding carboxylic acids is 1. The number of carbonyl (C=O) groups is 2. The molecule has 3 aromatic rings. The monoisotopic (exact) mass is 625 g/mol. The molecule has 40 heavy (non-hydrogen) atoms. The second kappa shape index (κ2) is 8.88. The van der Waals surface area contributed by atoms with Gasteiger partial charge in [0.05, 0.1) is 29.1 Å². The molecule has 0 unspecified atom stereocenters. The van der Waals surface area contributed by atoms with Crippen molar-refractivity contribution in [2.45, 2.75) is 29.7 Å². The van der Waals surface area contributed by atoms with E-state index in [9.17, 15) is 39.4 Å². The fourth-order valence-electron chi connectivity index (χ4n) is 4.19. The second-order valence-corrected chi connectivity index (χ2v) is 12.2. The molecule has 1 heterocycles. The van der Waals surface area contributed by atoms with Gasteiger partial charge in [0.25, 0.3) is 0 Å². The van der Waals surface area contributed by atoms with Crippen LogP contribution in [0.1, 0.15) is 29.7 Å². The van der Waals surface area contributed by atoms with Crippen LogP contribution >= 0.6 is 33.4 Å². The molecule has 214 valence electrons. The fourth-order valence-corrected chi connectivity index (χ4v) is 5.65. The van der Waals surface area contributed by atoms with Crippen molar-refractivity contribution in [2.75, 3.05) is 12.0 Å². The summed E-state index contributed by atoms with van der Waals surface area (Å²) in [6.45, 7) is -0.420. The van der Waals surface area contributed by atoms with Crippen LogP contribution in [-0.2, 0) is 16.8 Å². The van der Waals surface area contributed by atoms with Crippen molar-refractivity contribution in [1.82, 2.24) is 9.78 Å². The maximum absolute atomic E-state index is 13.5.